The van der Waals surface area contributed by atoms with Crippen LogP contribution in [0.25, 0.3) is 5.69 Å². The molecule has 1 aromatic heterocycles. The second kappa shape index (κ2) is 10.4. The van der Waals surface area contributed by atoms with Crippen LogP contribution in [0, 0.1) is 6.92 Å². The second-order valence-corrected chi connectivity index (χ2v) is 14.6. The van der Waals surface area contributed by atoms with Gasteiger partial charge in [-0.05, 0) is 56.2 Å². The van der Waals surface area contributed by atoms with Gasteiger partial charge < -0.3 is 13.9 Å². The van der Waals surface area contributed by atoms with E-state index in [9.17, 15) is 4.79 Å². The molecule has 8 heteroatoms. The van der Waals surface area contributed by atoms with Crippen molar-refractivity contribution >= 4 is 20.2 Å². The molecule has 0 bridgehead atoms. The summed E-state index contributed by atoms with van der Waals surface area (Å²) in [5.41, 5.74) is 1.49. The van der Waals surface area contributed by atoms with Gasteiger partial charge in [-0.3, -0.25) is 5.32 Å². The zero-order valence-electron chi connectivity index (χ0n) is 21.1. The molecule has 1 amide bonds. The molecule has 0 aliphatic carbocycles. The summed E-state index contributed by atoms with van der Waals surface area (Å²) in [7, 11) is -1.92. The van der Waals surface area contributed by atoms with Crippen LogP contribution < -0.4 is 14.8 Å². The Hall–Kier alpha value is -3.10. The number of anilines is 1. The van der Waals surface area contributed by atoms with Crippen LogP contribution >= 0.6 is 0 Å². The summed E-state index contributed by atoms with van der Waals surface area (Å²) in [6.45, 7) is 15.3. The fourth-order valence-electron chi connectivity index (χ4n) is 3.14. The molecule has 0 saturated heterocycles. The molecule has 0 spiro atoms. The number of carbonyl (C=O) groups excluding carboxylic acids is 1. The van der Waals surface area contributed by atoms with Gasteiger partial charge in [-0.25, -0.2) is 9.48 Å². The van der Waals surface area contributed by atoms with Gasteiger partial charge in [0.25, 0.3) is 0 Å². The van der Waals surface area contributed by atoms with E-state index in [-0.39, 0.29) is 11.1 Å². The Labute approximate surface area is 203 Å². The average Bonchev–Trinajstić information content (AvgIpc) is 3.08. The van der Waals surface area contributed by atoms with Crippen molar-refractivity contribution in [1.82, 2.24) is 9.78 Å². The molecule has 0 radical (unpaired) electrons. The Bertz CT molecular complexity index is 1090. The van der Waals surface area contributed by atoms with Crippen molar-refractivity contribution in [3.05, 3.63) is 66.2 Å². The number of benzene rings is 2. The molecule has 0 unspecified atom stereocenters. The maximum absolute atomic E-state index is 12.6. The van der Waals surface area contributed by atoms with Gasteiger partial charge in [-0.2, -0.15) is 0 Å². The van der Waals surface area contributed by atoms with Gasteiger partial charge in [0.1, 0.15) is 18.2 Å². The number of aromatic nitrogens is 2. The molecule has 0 saturated carbocycles. The Balaban J connectivity index is 1.79. The largest absolute Gasteiger partial charge is 0.474 e. The number of rotatable bonds is 8. The van der Waals surface area contributed by atoms with E-state index in [2.05, 4.69) is 44.3 Å². The highest BCUT2D eigenvalue weighted by Gasteiger charge is 2.38. The molecule has 1 N–H and O–H groups in total. The summed E-state index contributed by atoms with van der Waals surface area (Å²) in [4.78, 5) is 12.6. The van der Waals surface area contributed by atoms with E-state index in [1.54, 1.807) is 28.9 Å². The van der Waals surface area contributed by atoms with Crippen molar-refractivity contribution in [2.75, 3.05) is 11.9 Å². The third-order valence-corrected chi connectivity index (χ3v) is 10.6. The number of amides is 1. The molecule has 3 rings (SSSR count). The molecule has 1 atom stereocenters. The van der Waals surface area contributed by atoms with Gasteiger partial charge in [0.05, 0.1) is 17.4 Å². The number of nitrogens with one attached hydrogen (secondary N) is 1. The molecule has 182 valence electrons. The Morgan fingerprint density at radius 3 is 2.24 bits per heavy atom. The molecule has 3 aromatic rings. The van der Waals surface area contributed by atoms with Gasteiger partial charge in [-0.15, -0.1) is 5.10 Å². The summed E-state index contributed by atoms with van der Waals surface area (Å²) in [6, 6.07) is 18.5. The van der Waals surface area contributed by atoms with E-state index in [0.717, 1.165) is 5.69 Å². The van der Waals surface area contributed by atoms with Crippen molar-refractivity contribution in [1.29, 1.82) is 0 Å². The molecular formula is C26H35N3O4Si. The Morgan fingerprint density at radius 2 is 1.65 bits per heavy atom. The molecular weight excluding hydrogens is 446 g/mol. The van der Waals surface area contributed by atoms with Gasteiger partial charge in [0.15, 0.2) is 8.32 Å². The standard InChI is InChI=1S/C26H35N3O4Si/c1-19(33-34(6,7)26(3,4)5)18-31-24-20(2)23(29(28-24)21-14-10-8-11-15-21)27-25(30)32-22-16-12-9-13-17-22/h8-17,19H,18H2,1-7H3,(H,27,30)/t19-/m1/s1. The summed E-state index contributed by atoms with van der Waals surface area (Å²) in [6.07, 6.45) is -0.700. The predicted octanol–water partition coefficient (Wildman–Crippen LogP) is 6.58. The summed E-state index contributed by atoms with van der Waals surface area (Å²) in [5, 5.41) is 7.58. The van der Waals surface area contributed by atoms with Crippen LogP contribution in [0.5, 0.6) is 11.6 Å². The number of ether oxygens (including phenoxy) is 2. The molecule has 7 nitrogen and oxygen atoms in total. The quantitative estimate of drug-likeness (QED) is 0.368. The normalized spacial score (nSPS) is 12.8. The van der Waals surface area contributed by atoms with Crippen molar-refractivity contribution < 1.29 is 18.7 Å². The topological polar surface area (TPSA) is 74.6 Å². The van der Waals surface area contributed by atoms with Gasteiger partial charge in [0.2, 0.25) is 5.88 Å². The van der Waals surface area contributed by atoms with Crippen molar-refractivity contribution in [3.8, 4) is 17.3 Å². The van der Waals surface area contributed by atoms with Crippen LogP contribution in [-0.2, 0) is 4.43 Å². The highest BCUT2D eigenvalue weighted by atomic mass is 28.4. The van der Waals surface area contributed by atoms with Crippen molar-refractivity contribution in [3.63, 3.8) is 0 Å². The molecule has 0 fully saturated rings. The van der Waals surface area contributed by atoms with Crippen LogP contribution in [0.3, 0.4) is 0 Å². The van der Waals surface area contributed by atoms with E-state index < -0.39 is 14.4 Å². The van der Waals surface area contributed by atoms with Crippen LogP contribution in [0.1, 0.15) is 33.3 Å². The number of nitrogens with zero attached hydrogens (tertiary/aromatic N) is 2. The van der Waals surface area contributed by atoms with E-state index in [1.165, 1.54) is 0 Å². The van der Waals surface area contributed by atoms with E-state index >= 15 is 0 Å². The lowest BCUT2D eigenvalue weighted by molar-refractivity contribution is 0.126. The Kier molecular flexibility index (Phi) is 7.84. The number of hydrogen-bond donors (Lipinski definition) is 1. The SMILES string of the molecule is Cc1c(OC[C@@H](C)O[Si](C)(C)C(C)(C)C)nn(-c2ccccc2)c1NC(=O)Oc1ccccc1. The zero-order valence-corrected chi connectivity index (χ0v) is 22.1. The average molecular weight is 482 g/mol. The number of hydrogen-bond acceptors (Lipinski definition) is 5. The summed E-state index contributed by atoms with van der Waals surface area (Å²) in [5.74, 6) is 1.38. The minimum atomic E-state index is -1.92. The maximum Gasteiger partial charge on any atom is 0.418 e. The molecule has 1 heterocycles. The monoisotopic (exact) mass is 481 g/mol. The molecule has 0 aliphatic rings. The van der Waals surface area contributed by atoms with Crippen LogP contribution in [0.15, 0.2) is 60.7 Å². The molecule has 34 heavy (non-hydrogen) atoms. The third kappa shape index (κ3) is 6.27. The van der Waals surface area contributed by atoms with Crippen LogP contribution in [0.2, 0.25) is 18.1 Å². The number of carbonyl (C=O) groups is 1. The van der Waals surface area contributed by atoms with Gasteiger partial charge >= 0.3 is 6.09 Å². The second-order valence-electron chi connectivity index (χ2n) is 9.85. The first-order valence-electron chi connectivity index (χ1n) is 11.5. The fourth-order valence-corrected chi connectivity index (χ4v) is 4.57. The van der Waals surface area contributed by atoms with Crippen LogP contribution in [0.4, 0.5) is 10.6 Å². The van der Waals surface area contributed by atoms with E-state index in [1.807, 2.05) is 50.2 Å². The van der Waals surface area contributed by atoms with E-state index in [0.29, 0.717) is 29.6 Å². The van der Waals surface area contributed by atoms with Crippen molar-refractivity contribution in [2.24, 2.45) is 0 Å². The number of para-hydroxylation sites is 2. The zero-order chi connectivity index (χ0) is 24.9. The lowest BCUT2D eigenvalue weighted by Gasteiger charge is -2.38. The first-order valence-corrected chi connectivity index (χ1v) is 14.4. The first-order chi connectivity index (χ1) is 16.0. The lowest BCUT2D eigenvalue weighted by Crippen LogP contribution is -2.44. The Morgan fingerprint density at radius 1 is 1.06 bits per heavy atom. The van der Waals surface area contributed by atoms with Gasteiger partial charge in [-0.1, -0.05) is 57.2 Å². The predicted molar refractivity (Wildman–Crippen MR) is 138 cm³/mol. The van der Waals surface area contributed by atoms with Crippen molar-refractivity contribution in [2.45, 2.75) is 58.9 Å². The maximum atomic E-state index is 12.6. The fraction of sp³-hybridized carbons (Fsp3) is 0.385. The smallest absolute Gasteiger partial charge is 0.418 e. The minimum absolute atomic E-state index is 0.0957. The highest BCUT2D eigenvalue weighted by molar-refractivity contribution is 6.74. The summed E-state index contributed by atoms with van der Waals surface area (Å²) < 4.78 is 19.5. The highest BCUT2D eigenvalue weighted by Crippen LogP contribution is 2.37. The third-order valence-electron chi connectivity index (χ3n) is 6.01. The van der Waals surface area contributed by atoms with Gasteiger partial charge in [0, 0.05) is 0 Å². The first kappa shape index (κ1) is 25.5. The van der Waals surface area contributed by atoms with Crippen LogP contribution in [-0.4, -0.2) is 36.9 Å². The molecule has 0 aliphatic heterocycles. The molecule has 2 aromatic carbocycles. The lowest BCUT2D eigenvalue weighted by atomic mass is 10.2. The minimum Gasteiger partial charge on any atom is -0.474 e. The summed E-state index contributed by atoms with van der Waals surface area (Å²) >= 11 is 0. The van der Waals surface area contributed by atoms with E-state index in [4.69, 9.17) is 13.9 Å².